The molecule has 0 bridgehead atoms. The van der Waals surface area contributed by atoms with Gasteiger partial charge >= 0.3 is 6.61 Å². The molecule has 0 aliphatic carbocycles. The quantitative estimate of drug-likeness (QED) is 0.748. The molecule has 73 valence electrons. The lowest BCUT2D eigenvalue weighted by Crippen LogP contribution is -2.03. The zero-order valence-corrected chi connectivity index (χ0v) is 7.58. The van der Waals surface area contributed by atoms with Gasteiger partial charge in [0.1, 0.15) is 0 Å². The molecule has 1 radical (unpaired) electrons. The van der Waals surface area contributed by atoms with Crippen LogP contribution in [0.4, 0.5) is 13.2 Å². The first-order chi connectivity index (χ1) is 6.66. The van der Waals surface area contributed by atoms with E-state index in [0.717, 1.165) is 6.07 Å². The molecule has 0 spiro atoms. The zero-order valence-electron chi connectivity index (χ0n) is 6.76. The van der Waals surface area contributed by atoms with Crippen LogP contribution in [-0.4, -0.2) is 6.61 Å². The van der Waals surface area contributed by atoms with E-state index < -0.39 is 18.2 Å². The van der Waals surface area contributed by atoms with Crippen molar-refractivity contribution >= 4 is 21.4 Å². The van der Waals surface area contributed by atoms with Gasteiger partial charge in [0.2, 0.25) is 0 Å². The molecule has 0 aliphatic heterocycles. The van der Waals surface area contributed by atoms with Crippen molar-refractivity contribution in [2.24, 2.45) is 0 Å². The maximum atomic E-state index is 13.1. The number of hydrogen-bond acceptors (Lipinski definition) is 2. The van der Waals surface area contributed by atoms with E-state index in [4.69, 9.17) is 0 Å². The molecule has 0 unspecified atom stereocenters. The minimum Gasteiger partial charge on any atom is -0.432 e. The summed E-state index contributed by atoms with van der Waals surface area (Å²) in [6, 6.07) is 3.99. The third-order valence-corrected chi connectivity index (χ3v) is 2.47. The van der Waals surface area contributed by atoms with Gasteiger partial charge in [0.25, 0.3) is 0 Å². The molecule has 5 heteroatoms. The van der Waals surface area contributed by atoms with Gasteiger partial charge in [-0.05, 0) is 17.5 Å². The molecule has 0 saturated carbocycles. The first-order valence-electron chi connectivity index (χ1n) is 3.71. The Kier molecular flexibility index (Phi) is 2.33. The minimum atomic E-state index is -3.01. The molecule has 2 aromatic rings. The van der Waals surface area contributed by atoms with Crippen molar-refractivity contribution in [3.8, 4) is 5.75 Å². The third-order valence-electron chi connectivity index (χ3n) is 1.66. The van der Waals surface area contributed by atoms with Crippen LogP contribution in [0.5, 0.6) is 5.75 Å². The fourth-order valence-corrected chi connectivity index (χ4v) is 1.81. The Balaban J connectivity index is 2.48. The highest BCUT2D eigenvalue weighted by Gasteiger charge is 2.11. The van der Waals surface area contributed by atoms with Gasteiger partial charge in [-0.3, -0.25) is 0 Å². The Labute approximate surface area is 81.7 Å². The van der Waals surface area contributed by atoms with Crippen molar-refractivity contribution in [3.63, 3.8) is 0 Å². The third kappa shape index (κ3) is 1.68. The highest BCUT2D eigenvalue weighted by Crippen LogP contribution is 2.28. The predicted molar refractivity (Wildman–Crippen MR) is 47.3 cm³/mol. The van der Waals surface area contributed by atoms with Gasteiger partial charge in [-0.2, -0.15) is 8.78 Å². The Morgan fingerprint density at radius 1 is 1.36 bits per heavy atom. The molecule has 1 nitrogen and oxygen atoms in total. The van der Waals surface area contributed by atoms with Gasteiger partial charge in [0, 0.05) is 16.1 Å². The molecule has 2 rings (SSSR count). The summed E-state index contributed by atoms with van der Waals surface area (Å²) in [6.45, 7) is -3.01. The van der Waals surface area contributed by atoms with Crippen LogP contribution in [0.15, 0.2) is 18.2 Å². The normalized spacial score (nSPS) is 11.1. The fraction of sp³-hybridized carbons (Fsp3) is 0.111. The van der Waals surface area contributed by atoms with E-state index in [9.17, 15) is 13.2 Å². The Morgan fingerprint density at radius 2 is 2.14 bits per heavy atom. The molecule has 1 heterocycles. The van der Waals surface area contributed by atoms with E-state index in [2.05, 4.69) is 10.1 Å². The van der Waals surface area contributed by atoms with Crippen LogP contribution in [0, 0.1) is 11.2 Å². The van der Waals surface area contributed by atoms with Gasteiger partial charge in [0.05, 0.1) is 0 Å². The van der Waals surface area contributed by atoms with Crippen molar-refractivity contribution in [1.82, 2.24) is 0 Å². The number of halogens is 3. The molecule has 1 aromatic carbocycles. The Hall–Kier alpha value is -1.23. The summed E-state index contributed by atoms with van der Waals surface area (Å²) in [5.74, 6) is -1.21. The molecule has 0 saturated heterocycles. The molecular weight excluding hydrogens is 213 g/mol. The molecule has 0 atom stereocenters. The van der Waals surface area contributed by atoms with Crippen LogP contribution in [0.1, 0.15) is 0 Å². The lowest BCUT2D eigenvalue weighted by atomic mass is 10.2. The lowest BCUT2D eigenvalue weighted by Gasteiger charge is -2.05. The van der Waals surface area contributed by atoms with Crippen molar-refractivity contribution in [2.75, 3.05) is 0 Å². The second-order valence-corrected chi connectivity index (χ2v) is 3.44. The van der Waals surface area contributed by atoms with Crippen LogP contribution in [-0.2, 0) is 0 Å². The number of hydrogen-bond donors (Lipinski definition) is 0. The molecule has 1 aromatic heterocycles. The van der Waals surface area contributed by atoms with Gasteiger partial charge in [-0.15, -0.1) is 11.3 Å². The SMILES string of the molecule is Fc1cc2c[c]sc2cc1OC(F)F. The molecule has 0 amide bonds. The van der Waals surface area contributed by atoms with E-state index in [0.29, 0.717) is 10.1 Å². The summed E-state index contributed by atoms with van der Waals surface area (Å²) in [5, 5.41) is 3.41. The van der Waals surface area contributed by atoms with Crippen molar-refractivity contribution in [1.29, 1.82) is 0 Å². The number of thiophene rings is 1. The molecular formula is C9H4F3OS. The standard InChI is InChI=1S/C9H4F3OS/c10-6-3-5-1-2-14-8(5)4-7(6)13-9(11)12/h1,3-4,9H. The van der Waals surface area contributed by atoms with Crippen molar-refractivity contribution in [3.05, 3.63) is 29.4 Å². The van der Waals surface area contributed by atoms with Gasteiger partial charge in [-0.25, -0.2) is 4.39 Å². The van der Waals surface area contributed by atoms with E-state index in [1.165, 1.54) is 17.4 Å². The number of fused-ring (bicyclic) bond motifs is 1. The highest BCUT2D eigenvalue weighted by atomic mass is 32.1. The smallest absolute Gasteiger partial charge is 0.387 e. The average Bonchev–Trinajstić information content (AvgIpc) is 2.51. The first kappa shape index (κ1) is 9.33. The number of alkyl halides is 2. The largest absolute Gasteiger partial charge is 0.432 e. The van der Waals surface area contributed by atoms with Crippen molar-refractivity contribution < 1.29 is 17.9 Å². The van der Waals surface area contributed by atoms with Crippen LogP contribution in [0.25, 0.3) is 10.1 Å². The van der Waals surface area contributed by atoms with E-state index in [1.807, 2.05) is 0 Å². The van der Waals surface area contributed by atoms with E-state index in [-0.39, 0.29) is 0 Å². The molecule has 0 aliphatic rings. The highest BCUT2D eigenvalue weighted by molar-refractivity contribution is 7.16. The van der Waals surface area contributed by atoms with Crippen LogP contribution in [0.2, 0.25) is 0 Å². The molecule has 0 fully saturated rings. The van der Waals surface area contributed by atoms with Gasteiger partial charge in [-0.1, -0.05) is 0 Å². The lowest BCUT2D eigenvalue weighted by molar-refractivity contribution is -0.0520. The first-order valence-corrected chi connectivity index (χ1v) is 4.52. The molecule has 0 N–H and O–H groups in total. The second-order valence-electron chi connectivity index (χ2n) is 2.56. The van der Waals surface area contributed by atoms with E-state index >= 15 is 0 Å². The van der Waals surface area contributed by atoms with Crippen molar-refractivity contribution in [2.45, 2.75) is 6.61 Å². The van der Waals surface area contributed by atoms with Gasteiger partial charge in [0.15, 0.2) is 11.6 Å². The number of rotatable bonds is 2. The zero-order chi connectivity index (χ0) is 10.1. The Morgan fingerprint density at radius 3 is 2.86 bits per heavy atom. The van der Waals surface area contributed by atoms with Crippen LogP contribution >= 0.6 is 11.3 Å². The monoisotopic (exact) mass is 217 g/mol. The van der Waals surface area contributed by atoms with Crippen LogP contribution < -0.4 is 4.74 Å². The Bertz CT molecular complexity index is 452. The maximum absolute atomic E-state index is 13.1. The molecule has 14 heavy (non-hydrogen) atoms. The number of ether oxygens (including phenoxy) is 1. The minimum absolute atomic E-state index is 0.427. The summed E-state index contributed by atoms with van der Waals surface area (Å²) in [6.07, 6.45) is 0. The summed E-state index contributed by atoms with van der Waals surface area (Å²) in [5.41, 5.74) is 0. The fourth-order valence-electron chi connectivity index (χ4n) is 1.09. The predicted octanol–water partition coefficient (Wildman–Crippen LogP) is 3.44. The van der Waals surface area contributed by atoms with E-state index in [1.54, 1.807) is 6.07 Å². The summed E-state index contributed by atoms with van der Waals surface area (Å²) in [7, 11) is 0. The summed E-state index contributed by atoms with van der Waals surface area (Å²) in [4.78, 5) is 0. The average molecular weight is 217 g/mol. The summed E-state index contributed by atoms with van der Waals surface area (Å²) >= 11 is 1.22. The summed E-state index contributed by atoms with van der Waals surface area (Å²) < 4.78 is 41.4. The maximum Gasteiger partial charge on any atom is 0.387 e. The van der Waals surface area contributed by atoms with Gasteiger partial charge < -0.3 is 4.74 Å². The van der Waals surface area contributed by atoms with Crippen LogP contribution in [0.3, 0.4) is 0 Å². The topological polar surface area (TPSA) is 9.23 Å². The second kappa shape index (κ2) is 3.49. The number of benzene rings is 1.